The summed E-state index contributed by atoms with van der Waals surface area (Å²) >= 11 is 0. The first kappa shape index (κ1) is 17.8. The Hall–Kier alpha value is -2.57. The van der Waals surface area contributed by atoms with Gasteiger partial charge in [-0.25, -0.2) is 4.79 Å². The average Bonchev–Trinajstić information content (AvgIpc) is 2.56. The molecule has 1 aromatic carbocycles. The lowest BCUT2D eigenvalue weighted by atomic mass is 10.0. The van der Waals surface area contributed by atoms with Crippen molar-refractivity contribution in [3.63, 3.8) is 0 Å². The van der Waals surface area contributed by atoms with Gasteiger partial charge in [0.05, 0.1) is 12.3 Å². The number of hydrogen-bond donors (Lipinski definition) is 1. The number of nitrogens with zero attached hydrogens (tertiary/aromatic N) is 1. The first-order valence-corrected chi connectivity index (χ1v) is 8.04. The maximum atomic E-state index is 12.8. The van der Waals surface area contributed by atoms with Gasteiger partial charge < -0.3 is 15.2 Å². The Balaban J connectivity index is 2.55. The molecule has 1 heterocycles. The predicted octanol–water partition coefficient (Wildman–Crippen LogP) is 1.63. The van der Waals surface area contributed by atoms with Crippen LogP contribution in [0.2, 0.25) is 0 Å². The van der Waals surface area contributed by atoms with Crippen LogP contribution in [0.5, 0.6) is 5.75 Å². The number of nitrogens with two attached hydrogens (primary N) is 1. The lowest BCUT2D eigenvalue weighted by Gasteiger charge is -2.37. The van der Waals surface area contributed by atoms with Crippen molar-refractivity contribution in [3.8, 4) is 5.75 Å². The molecule has 0 bridgehead atoms. The fraction of sp³-hybridized carbons (Fsp3) is 0.471. The van der Waals surface area contributed by atoms with Crippen molar-refractivity contribution in [2.24, 2.45) is 5.73 Å². The maximum Gasteiger partial charge on any atom is 0.329 e. The number of hydrogen-bond acceptors (Lipinski definition) is 5. The topological polar surface area (TPSA) is 98.9 Å². The van der Waals surface area contributed by atoms with E-state index in [1.54, 1.807) is 19.9 Å². The van der Waals surface area contributed by atoms with E-state index >= 15 is 0 Å². The number of benzene rings is 1. The third kappa shape index (κ3) is 3.20. The molecule has 0 spiro atoms. The molecule has 7 nitrogen and oxygen atoms in total. The molecule has 2 atom stereocenters. The Morgan fingerprint density at radius 2 is 2.04 bits per heavy atom. The van der Waals surface area contributed by atoms with Crippen LogP contribution in [0.1, 0.15) is 44.0 Å². The van der Waals surface area contributed by atoms with Gasteiger partial charge in [-0.1, -0.05) is 13.8 Å². The highest BCUT2D eigenvalue weighted by molar-refractivity contribution is 6.06. The zero-order valence-electron chi connectivity index (χ0n) is 14.1. The Kier molecular flexibility index (Phi) is 5.43. The van der Waals surface area contributed by atoms with Crippen LogP contribution in [0.3, 0.4) is 0 Å². The molecular weight excluding hydrogens is 312 g/mol. The molecule has 1 aliphatic rings. The second-order valence-electron chi connectivity index (χ2n) is 5.45. The van der Waals surface area contributed by atoms with E-state index in [-0.39, 0.29) is 18.1 Å². The van der Waals surface area contributed by atoms with Crippen LogP contribution in [0.25, 0.3) is 0 Å². The van der Waals surface area contributed by atoms with Gasteiger partial charge in [0.15, 0.2) is 6.10 Å². The summed E-state index contributed by atoms with van der Waals surface area (Å²) in [6.07, 6.45) is 0.160. The van der Waals surface area contributed by atoms with Crippen molar-refractivity contribution < 1.29 is 23.9 Å². The molecule has 0 fully saturated rings. The smallest absolute Gasteiger partial charge is 0.329 e. The monoisotopic (exact) mass is 334 g/mol. The van der Waals surface area contributed by atoms with Crippen LogP contribution in [0, 0.1) is 0 Å². The quantitative estimate of drug-likeness (QED) is 0.797. The zero-order valence-corrected chi connectivity index (χ0v) is 14.1. The van der Waals surface area contributed by atoms with Crippen molar-refractivity contribution in [2.75, 3.05) is 11.5 Å². The molecule has 24 heavy (non-hydrogen) atoms. The molecule has 0 aliphatic carbocycles. The number of amides is 2. The second-order valence-corrected chi connectivity index (χ2v) is 5.45. The second kappa shape index (κ2) is 7.33. The summed E-state index contributed by atoms with van der Waals surface area (Å²) in [5.74, 6) is -0.992. The van der Waals surface area contributed by atoms with E-state index in [1.165, 1.54) is 17.0 Å². The fourth-order valence-corrected chi connectivity index (χ4v) is 2.71. The van der Waals surface area contributed by atoms with E-state index in [9.17, 15) is 14.4 Å². The summed E-state index contributed by atoms with van der Waals surface area (Å²) in [6.45, 7) is 5.55. The lowest BCUT2D eigenvalue weighted by Crippen LogP contribution is -2.53. The molecule has 0 aromatic heterocycles. The Bertz CT molecular complexity index is 658. The number of esters is 1. The number of anilines is 1. The van der Waals surface area contributed by atoms with Crippen LogP contribution in [-0.4, -0.2) is 36.5 Å². The Morgan fingerprint density at radius 3 is 2.58 bits per heavy atom. The zero-order chi connectivity index (χ0) is 17.9. The molecule has 0 saturated carbocycles. The molecule has 7 heteroatoms. The summed E-state index contributed by atoms with van der Waals surface area (Å²) < 4.78 is 10.8. The minimum absolute atomic E-state index is 0.221. The van der Waals surface area contributed by atoms with Gasteiger partial charge >= 0.3 is 5.97 Å². The van der Waals surface area contributed by atoms with E-state index in [2.05, 4.69) is 0 Å². The van der Waals surface area contributed by atoms with E-state index in [0.29, 0.717) is 24.3 Å². The fourth-order valence-electron chi connectivity index (χ4n) is 2.71. The Morgan fingerprint density at radius 1 is 1.33 bits per heavy atom. The summed E-state index contributed by atoms with van der Waals surface area (Å²) in [5, 5.41) is 0. The van der Waals surface area contributed by atoms with Crippen LogP contribution < -0.4 is 15.4 Å². The van der Waals surface area contributed by atoms with Crippen molar-refractivity contribution >= 4 is 23.5 Å². The van der Waals surface area contributed by atoms with Gasteiger partial charge in [-0.15, -0.1) is 0 Å². The molecule has 0 radical (unpaired) electrons. The number of primary amides is 1. The van der Waals surface area contributed by atoms with Gasteiger partial charge in [0.25, 0.3) is 5.91 Å². The van der Waals surface area contributed by atoms with Gasteiger partial charge in [0.2, 0.25) is 5.91 Å². The molecule has 2 unspecified atom stereocenters. The van der Waals surface area contributed by atoms with Crippen LogP contribution in [-0.2, 0) is 14.3 Å². The lowest BCUT2D eigenvalue weighted by molar-refractivity contribution is -0.146. The van der Waals surface area contributed by atoms with Crippen molar-refractivity contribution in [3.05, 3.63) is 23.8 Å². The van der Waals surface area contributed by atoms with E-state index < -0.39 is 24.0 Å². The van der Waals surface area contributed by atoms with Gasteiger partial charge in [-0.05, 0) is 38.0 Å². The molecule has 2 rings (SSSR count). The molecule has 1 aromatic rings. The van der Waals surface area contributed by atoms with Crippen LogP contribution >= 0.6 is 0 Å². The average molecular weight is 334 g/mol. The minimum atomic E-state index is -0.780. The number of ether oxygens (including phenoxy) is 2. The normalized spacial score (nSPS) is 17.7. The summed E-state index contributed by atoms with van der Waals surface area (Å²) in [5.41, 5.74) is 5.92. The highest BCUT2D eigenvalue weighted by Gasteiger charge is 2.40. The van der Waals surface area contributed by atoms with E-state index in [1.807, 2.05) is 6.92 Å². The summed E-state index contributed by atoms with van der Waals surface area (Å²) in [4.78, 5) is 37.9. The van der Waals surface area contributed by atoms with Gasteiger partial charge in [-0.2, -0.15) is 0 Å². The minimum Gasteiger partial charge on any atom is -0.478 e. The standard InChI is InChI=1S/C17H22N2O5/c1-4-11(17(22)23-6-3)19-12-9-10(15(18)20)7-8-14(12)24-13(5-2)16(19)21/h7-9,11,13H,4-6H2,1-3H3,(H2,18,20). The molecule has 2 amide bonds. The van der Waals surface area contributed by atoms with E-state index in [0.717, 1.165) is 0 Å². The van der Waals surface area contributed by atoms with Gasteiger partial charge in [-0.3, -0.25) is 14.5 Å². The largest absolute Gasteiger partial charge is 0.478 e. The van der Waals surface area contributed by atoms with Crippen LogP contribution in [0.15, 0.2) is 18.2 Å². The first-order chi connectivity index (χ1) is 11.4. The SMILES string of the molecule is CCOC(=O)C(CC)N1C(=O)C(CC)Oc2ccc(C(N)=O)cc21. The number of carbonyl (C=O) groups is 3. The number of rotatable bonds is 6. The summed E-state index contributed by atoms with van der Waals surface area (Å²) in [7, 11) is 0. The molecule has 0 saturated heterocycles. The van der Waals surface area contributed by atoms with Gasteiger partial charge in [0, 0.05) is 5.56 Å². The third-order valence-corrected chi connectivity index (χ3v) is 3.91. The first-order valence-electron chi connectivity index (χ1n) is 8.04. The summed E-state index contributed by atoms with van der Waals surface area (Å²) in [6, 6.07) is 3.82. The van der Waals surface area contributed by atoms with Crippen molar-refractivity contribution in [1.82, 2.24) is 0 Å². The number of carbonyl (C=O) groups excluding carboxylic acids is 3. The highest BCUT2D eigenvalue weighted by atomic mass is 16.5. The van der Waals surface area contributed by atoms with Crippen molar-refractivity contribution in [2.45, 2.75) is 45.8 Å². The van der Waals surface area contributed by atoms with E-state index in [4.69, 9.17) is 15.2 Å². The van der Waals surface area contributed by atoms with Gasteiger partial charge in [0.1, 0.15) is 11.8 Å². The molecule has 130 valence electrons. The molecular formula is C17H22N2O5. The third-order valence-electron chi connectivity index (χ3n) is 3.91. The van der Waals surface area contributed by atoms with Crippen LogP contribution in [0.4, 0.5) is 5.69 Å². The predicted molar refractivity (Wildman–Crippen MR) is 87.9 cm³/mol. The molecule has 2 N–H and O–H groups in total. The maximum absolute atomic E-state index is 12.8. The van der Waals surface area contributed by atoms with Crippen molar-refractivity contribution in [1.29, 1.82) is 0 Å². The molecule has 1 aliphatic heterocycles. The number of fused-ring (bicyclic) bond motifs is 1. The Labute approximate surface area is 140 Å². The highest BCUT2D eigenvalue weighted by Crippen LogP contribution is 2.37.